The number of unbranched alkanes of at least 4 members (excludes halogenated alkanes) is 17. The van der Waals surface area contributed by atoms with Crippen molar-refractivity contribution in [1.29, 1.82) is 0 Å². The zero-order valence-corrected chi connectivity index (χ0v) is 60.5. The van der Waals surface area contributed by atoms with Gasteiger partial charge in [-0.2, -0.15) is 0 Å². The van der Waals surface area contributed by atoms with Gasteiger partial charge in [0.1, 0.15) is 39.3 Å². The van der Waals surface area contributed by atoms with Crippen LogP contribution in [0.4, 0.5) is 19.2 Å². The van der Waals surface area contributed by atoms with Gasteiger partial charge in [-0.1, -0.05) is 77.2 Å². The number of nitrogens with one attached hydrogen (secondary N) is 4. The molecule has 6 amide bonds. The second-order valence-corrected chi connectivity index (χ2v) is 24.2. The minimum Gasteiger partial charge on any atom is -0.466 e. The molecule has 28 heteroatoms. The van der Waals surface area contributed by atoms with E-state index in [0.29, 0.717) is 187 Å². The van der Waals surface area contributed by atoms with E-state index in [1.54, 1.807) is 12.2 Å². The van der Waals surface area contributed by atoms with Gasteiger partial charge in [0, 0.05) is 82.9 Å². The van der Waals surface area contributed by atoms with Gasteiger partial charge in [0.25, 0.3) is 0 Å². The molecular weight excluding hydrogens is 1310 g/mol. The summed E-state index contributed by atoms with van der Waals surface area (Å²) in [5, 5.41) is 11.2. The summed E-state index contributed by atoms with van der Waals surface area (Å²) in [4.78, 5) is 147. The first-order chi connectivity index (χ1) is 49.0. The van der Waals surface area contributed by atoms with Gasteiger partial charge in [-0.25, -0.2) is 28.8 Å². The average Bonchev–Trinajstić information content (AvgIpc) is 1.01. The number of rotatable bonds is 68. The first kappa shape index (κ1) is 93.1. The minimum absolute atomic E-state index is 0.00851. The maximum absolute atomic E-state index is 13.7. The molecule has 4 N–H and O–H groups in total. The van der Waals surface area contributed by atoms with Crippen LogP contribution in [0.1, 0.15) is 212 Å². The van der Waals surface area contributed by atoms with Crippen molar-refractivity contribution in [2.24, 2.45) is 11.3 Å². The molecule has 0 radical (unpaired) electrons. The summed E-state index contributed by atoms with van der Waals surface area (Å²) < 4.78 is 57.5. The van der Waals surface area contributed by atoms with Gasteiger partial charge in [0.15, 0.2) is 0 Å². The fourth-order valence-corrected chi connectivity index (χ4v) is 9.58. The van der Waals surface area contributed by atoms with E-state index < -0.39 is 53.6 Å². The summed E-state index contributed by atoms with van der Waals surface area (Å²) in [5.41, 5.74) is -0.541. The molecule has 0 fully saturated rings. The lowest BCUT2D eigenvalue weighted by atomic mass is 9.88. The van der Waals surface area contributed by atoms with E-state index in [4.69, 9.17) is 52.1 Å². The molecule has 1 atom stereocenters. The number of hydrogen-bond donors (Lipinski definition) is 4. The Kier molecular flexibility index (Phi) is 61.5. The standard InChI is InChI=1S/C73H121N5O23/c1-6-47-91-58-73(10-5,59-92-48-7-2)60-101-72(90)77-45-29-15-16-30-46-78(69(87)74-42-26-13-14-28-44-76-71(89)100-52-34-20-25-37-66(84)94-50-32-18-23-39-68(86)98-56-54-96-64(82)9-4)62(80)41-40-61(57-79)35-21-11-12-27-43-75-70(88)99-51-33-19-24-36-65(83)93-49-31-17-22-38-67(85)97-55-53-95-63(81)8-3/h6-9,57,61H,1-4,10-56,58-60H2,5H3,(H,74,87)(H,75,88)(H,76,89)(H,77,90). The van der Waals surface area contributed by atoms with Crippen molar-refractivity contribution in [3.63, 3.8) is 0 Å². The minimum atomic E-state index is -0.587. The van der Waals surface area contributed by atoms with Crippen LogP contribution in [-0.4, -0.2) is 196 Å². The van der Waals surface area contributed by atoms with Crippen LogP contribution in [-0.2, 0) is 90.5 Å². The van der Waals surface area contributed by atoms with Crippen molar-refractivity contribution < 1.29 is 110 Å². The monoisotopic (exact) mass is 1440 g/mol. The zero-order chi connectivity index (χ0) is 74.5. The SMILES string of the molecule is C=CCOCC(CC)(COCC=C)COC(=O)NCCCCCCN(C(=O)CCC(C=O)CCCCCCNC(=O)OCCCCCC(=O)OCCCCCC(=O)OCCOC(=O)C=C)C(=O)NCCCCCCNC(=O)OCCCCCC(=O)OCCCCCC(=O)OCCOC(=O)C=C. The Labute approximate surface area is 598 Å². The third-order valence-electron chi connectivity index (χ3n) is 15.6. The number of alkyl carbamates (subject to hydrolysis) is 3. The molecule has 0 aromatic rings. The van der Waals surface area contributed by atoms with Crippen molar-refractivity contribution in [2.75, 3.05) is 119 Å². The van der Waals surface area contributed by atoms with Crippen molar-refractivity contribution in [3.8, 4) is 0 Å². The molecule has 576 valence electrons. The highest BCUT2D eigenvalue weighted by Gasteiger charge is 2.31. The molecule has 0 heterocycles. The Morgan fingerprint density at radius 1 is 0.376 bits per heavy atom. The van der Waals surface area contributed by atoms with Crippen LogP contribution in [0.15, 0.2) is 50.6 Å². The van der Waals surface area contributed by atoms with E-state index in [1.165, 1.54) is 4.90 Å². The second kappa shape index (κ2) is 66.7. The normalized spacial score (nSPS) is 11.1. The Morgan fingerprint density at radius 3 is 1.13 bits per heavy atom. The Balaban J connectivity index is 4.73. The van der Waals surface area contributed by atoms with Crippen LogP contribution in [0.5, 0.6) is 0 Å². The topological polar surface area (TPSA) is 358 Å². The number of imide groups is 1. The van der Waals surface area contributed by atoms with Crippen molar-refractivity contribution in [1.82, 2.24) is 26.2 Å². The number of aldehydes is 1. The molecule has 0 aliphatic rings. The molecule has 0 rings (SSSR count). The summed E-state index contributed by atoms with van der Waals surface area (Å²) in [5.74, 6) is -3.34. The molecule has 101 heavy (non-hydrogen) atoms. The molecule has 0 aliphatic heterocycles. The van der Waals surface area contributed by atoms with E-state index >= 15 is 0 Å². The van der Waals surface area contributed by atoms with Crippen LogP contribution in [0.25, 0.3) is 0 Å². The predicted molar refractivity (Wildman–Crippen MR) is 377 cm³/mol. The first-order valence-electron chi connectivity index (χ1n) is 36.3. The van der Waals surface area contributed by atoms with E-state index in [0.717, 1.165) is 50.5 Å². The summed E-state index contributed by atoms with van der Waals surface area (Å²) in [7, 11) is 0. The highest BCUT2D eigenvalue weighted by Crippen LogP contribution is 2.25. The molecule has 28 nitrogen and oxygen atoms in total. The maximum Gasteiger partial charge on any atom is 0.407 e. The summed E-state index contributed by atoms with van der Waals surface area (Å²) in [6.07, 6.45) is 22.9. The Hall–Kier alpha value is -7.88. The van der Waals surface area contributed by atoms with Crippen LogP contribution in [0, 0.1) is 11.3 Å². The zero-order valence-electron chi connectivity index (χ0n) is 60.5. The number of esters is 6. The molecule has 1 unspecified atom stereocenters. The van der Waals surface area contributed by atoms with E-state index in [9.17, 15) is 57.5 Å². The van der Waals surface area contributed by atoms with Gasteiger partial charge in [0.05, 0.1) is 58.3 Å². The van der Waals surface area contributed by atoms with Crippen molar-refractivity contribution in [3.05, 3.63) is 50.6 Å². The Morgan fingerprint density at radius 2 is 0.733 bits per heavy atom. The number of urea groups is 1. The third-order valence-corrected chi connectivity index (χ3v) is 15.6. The lowest BCUT2D eigenvalue weighted by molar-refractivity contribution is -0.149. The molecule has 0 aromatic carbocycles. The fraction of sp³-hybridized carbons (Fsp3) is 0.726. The van der Waals surface area contributed by atoms with Crippen molar-refractivity contribution >= 4 is 72.3 Å². The van der Waals surface area contributed by atoms with Crippen LogP contribution < -0.4 is 21.3 Å². The van der Waals surface area contributed by atoms with Crippen LogP contribution in [0.3, 0.4) is 0 Å². The lowest BCUT2D eigenvalue weighted by Crippen LogP contribution is -2.44. The highest BCUT2D eigenvalue weighted by molar-refractivity contribution is 5.94. The Bertz CT molecular complexity index is 2340. The largest absolute Gasteiger partial charge is 0.466 e. The molecule has 0 aliphatic carbocycles. The van der Waals surface area contributed by atoms with E-state index in [2.05, 4.69) is 47.6 Å². The summed E-state index contributed by atoms with van der Waals surface area (Å²) in [6, 6.07) is -0.511. The number of carbonyl (C=O) groups is 12. The van der Waals surface area contributed by atoms with Crippen LogP contribution in [0.2, 0.25) is 0 Å². The number of carbonyl (C=O) groups excluding carboxylic acids is 12. The maximum atomic E-state index is 13.7. The average molecular weight is 1440 g/mol. The lowest BCUT2D eigenvalue weighted by Gasteiger charge is -2.31. The number of nitrogens with zero attached hydrogens (tertiary/aromatic N) is 1. The molecular formula is C73H121N5O23. The van der Waals surface area contributed by atoms with Gasteiger partial charge in [-0.15, -0.1) is 13.2 Å². The van der Waals surface area contributed by atoms with E-state index in [1.807, 2.05) is 6.92 Å². The van der Waals surface area contributed by atoms with Gasteiger partial charge in [0.2, 0.25) is 5.91 Å². The first-order valence-corrected chi connectivity index (χ1v) is 36.3. The molecule has 0 aromatic heterocycles. The molecule has 0 spiro atoms. The van der Waals surface area contributed by atoms with Gasteiger partial charge in [-0.3, -0.25) is 28.9 Å². The van der Waals surface area contributed by atoms with Gasteiger partial charge >= 0.3 is 60.1 Å². The second-order valence-electron chi connectivity index (χ2n) is 24.2. The molecule has 0 saturated carbocycles. The number of ether oxygens (including phenoxy) is 11. The van der Waals surface area contributed by atoms with Gasteiger partial charge in [-0.05, 0) is 128 Å². The van der Waals surface area contributed by atoms with Gasteiger partial charge < -0.3 is 78.2 Å². The number of hydrogen-bond acceptors (Lipinski definition) is 23. The fourth-order valence-electron chi connectivity index (χ4n) is 9.58. The third kappa shape index (κ3) is 58.5. The summed E-state index contributed by atoms with van der Waals surface area (Å²) in [6.45, 7) is 19.9. The highest BCUT2D eigenvalue weighted by atomic mass is 16.6. The molecule has 0 saturated heterocycles. The van der Waals surface area contributed by atoms with E-state index in [-0.39, 0.29) is 128 Å². The smallest absolute Gasteiger partial charge is 0.407 e. The quantitative estimate of drug-likeness (QED) is 0.0110. The van der Waals surface area contributed by atoms with Crippen molar-refractivity contribution in [2.45, 2.75) is 212 Å². The molecule has 0 bridgehead atoms. The summed E-state index contributed by atoms with van der Waals surface area (Å²) >= 11 is 0. The van der Waals surface area contributed by atoms with Crippen LogP contribution >= 0.6 is 0 Å². The number of amides is 6. The predicted octanol–water partition coefficient (Wildman–Crippen LogP) is 11.0.